The Morgan fingerprint density at radius 3 is 2.58 bits per heavy atom. The molecule has 1 saturated heterocycles. The molecule has 102 valence electrons. The lowest BCUT2D eigenvalue weighted by molar-refractivity contribution is -0.123. The number of nitrogens with two attached hydrogens (primary N) is 1. The van der Waals surface area contributed by atoms with E-state index in [2.05, 4.69) is 16.3 Å². The van der Waals surface area contributed by atoms with Crippen LogP contribution in [0.3, 0.4) is 0 Å². The molecule has 2 fully saturated rings. The van der Waals surface area contributed by atoms with Crippen LogP contribution in [0.4, 0.5) is 11.4 Å². The number of rotatable bonds is 3. The number of anilines is 2. The van der Waals surface area contributed by atoms with Crippen molar-refractivity contribution in [2.24, 2.45) is 5.73 Å². The Balaban J connectivity index is 1.70. The van der Waals surface area contributed by atoms with Crippen molar-refractivity contribution >= 4 is 17.3 Å². The Hall–Kier alpha value is -1.55. The molecule has 1 aromatic rings. The van der Waals surface area contributed by atoms with Gasteiger partial charge in [0.2, 0.25) is 5.91 Å². The first-order valence-electron chi connectivity index (χ1n) is 7.13. The van der Waals surface area contributed by atoms with Crippen LogP contribution in [0.1, 0.15) is 32.1 Å². The molecule has 0 aromatic heterocycles. The molecule has 0 bridgehead atoms. The molecular weight excluding hydrogens is 238 g/mol. The van der Waals surface area contributed by atoms with Gasteiger partial charge >= 0.3 is 0 Å². The average molecular weight is 259 g/mol. The second-order valence-electron chi connectivity index (χ2n) is 5.71. The number of hydrogen-bond acceptors (Lipinski definition) is 3. The summed E-state index contributed by atoms with van der Waals surface area (Å²) in [7, 11) is 0. The fourth-order valence-corrected chi connectivity index (χ4v) is 2.80. The molecule has 0 spiro atoms. The molecule has 3 N–H and O–H groups in total. The van der Waals surface area contributed by atoms with Crippen LogP contribution in [0, 0.1) is 0 Å². The van der Waals surface area contributed by atoms with Crippen molar-refractivity contribution in [3.8, 4) is 0 Å². The highest BCUT2D eigenvalue weighted by Gasteiger charge is 2.40. The number of hydrogen-bond donors (Lipinski definition) is 2. The van der Waals surface area contributed by atoms with Gasteiger partial charge in [-0.3, -0.25) is 4.79 Å². The molecule has 4 nitrogen and oxygen atoms in total. The Bertz CT molecular complexity index is 476. The maximum Gasteiger partial charge on any atom is 0.244 e. The molecular formula is C15H21N3O. The number of nitrogens with one attached hydrogen (secondary N) is 1. The predicted octanol–water partition coefficient (Wildman–Crippen LogP) is 2.11. The van der Waals surface area contributed by atoms with E-state index < -0.39 is 5.54 Å². The van der Waals surface area contributed by atoms with Crippen LogP contribution in [0.2, 0.25) is 0 Å². The summed E-state index contributed by atoms with van der Waals surface area (Å²) in [6, 6.07) is 8.07. The molecule has 1 heterocycles. The van der Waals surface area contributed by atoms with Crippen LogP contribution in [0.15, 0.2) is 24.3 Å². The Morgan fingerprint density at radius 2 is 1.95 bits per heavy atom. The summed E-state index contributed by atoms with van der Waals surface area (Å²) in [5.41, 5.74) is 7.44. The van der Waals surface area contributed by atoms with Crippen LogP contribution in [0.25, 0.3) is 0 Å². The molecule has 1 aliphatic heterocycles. The van der Waals surface area contributed by atoms with Crippen molar-refractivity contribution in [2.75, 3.05) is 23.3 Å². The van der Waals surface area contributed by atoms with Gasteiger partial charge in [0.25, 0.3) is 0 Å². The Labute approximate surface area is 114 Å². The minimum Gasteiger partial charge on any atom is -0.371 e. The molecule has 2 aliphatic rings. The third-order valence-electron chi connectivity index (χ3n) is 4.27. The van der Waals surface area contributed by atoms with Crippen LogP contribution in [0.5, 0.6) is 0 Å². The molecule has 1 saturated carbocycles. The molecule has 1 amide bonds. The van der Waals surface area contributed by atoms with Gasteiger partial charge < -0.3 is 16.0 Å². The van der Waals surface area contributed by atoms with Gasteiger partial charge in [-0.15, -0.1) is 0 Å². The standard InChI is InChI=1S/C15H21N3O/c16-15(7-4-8-15)14(19)17-12-5-3-6-13(11-12)18-9-1-2-10-18/h3,5-6,11H,1-2,4,7-10,16H2,(H,17,19). The predicted molar refractivity (Wildman–Crippen MR) is 77.3 cm³/mol. The van der Waals surface area contributed by atoms with Crippen LogP contribution >= 0.6 is 0 Å². The van der Waals surface area contributed by atoms with E-state index in [1.807, 2.05) is 18.2 Å². The van der Waals surface area contributed by atoms with E-state index in [1.54, 1.807) is 0 Å². The van der Waals surface area contributed by atoms with Crippen molar-refractivity contribution in [1.29, 1.82) is 0 Å². The van der Waals surface area contributed by atoms with Crippen LogP contribution in [-0.4, -0.2) is 24.5 Å². The van der Waals surface area contributed by atoms with Gasteiger partial charge in [-0.1, -0.05) is 6.07 Å². The van der Waals surface area contributed by atoms with Crippen molar-refractivity contribution in [2.45, 2.75) is 37.6 Å². The highest BCUT2D eigenvalue weighted by atomic mass is 16.2. The van der Waals surface area contributed by atoms with Gasteiger partial charge in [0.05, 0.1) is 5.54 Å². The molecule has 3 rings (SSSR count). The van der Waals surface area contributed by atoms with E-state index in [1.165, 1.54) is 18.5 Å². The van der Waals surface area contributed by atoms with E-state index in [-0.39, 0.29) is 5.91 Å². The van der Waals surface area contributed by atoms with E-state index in [0.717, 1.165) is 38.0 Å². The van der Waals surface area contributed by atoms with Crippen molar-refractivity contribution in [1.82, 2.24) is 0 Å². The molecule has 0 atom stereocenters. The first kappa shape index (κ1) is 12.5. The summed E-state index contributed by atoms with van der Waals surface area (Å²) in [6.45, 7) is 2.22. The topological polar surface area (TPSA) is 58.4 Å². The smallest absolute Gasteiger partial charge is 0.244 e. The quantitative estimate of drug-likeness (QED) is 0.874. The first-order valence-corrected chi connectivity index (χ1v) is 7.13. The van der Waals surface area contributed by atoms with Gasteiger partial charge in [0.1, 0.15) is 0 Å². The number of carbonyl (C=O) groups excluding carboxylic acids is 1. The zero-order valence-electron chi connectivity index (χ0n) is 11.2. The lowest BCUT2D eigenvalue weighted by Gasteiger charge is -2.36. The number of benzene rings is 1. The third-order valence-corrected chi connectivity index (χ3v) is 4.27. The molecule has 1 aliphatic carbocycles. The number of carbonyl (C=O) groups is 1. The Morgan fingerprint density at radius 1 is 1.21 bits per heavy atom. The normalized spacial score (nSPS) is 21.0. The second kappa shape index (κ2) is 4.85. The Kier molecular flexibility index (Phi) is 3.19. The lowest BCUT2D eigenvalue weighted by atomic mass is 9.77. The van der Waals surface area contributed by atoms with Crippen molar-refractivity contribution < 1.29 is 4.79 Å². The minimum atomic E-state index is -0.635. The molecule has 1 aromatic carbocycles. The fourth-order valence-electron chi connectivity index (χ4n) is 2.80. The molecule has 0 unspecified atom stereocenters. The van der Waals surface area contributed by atoms with Gasteiger partial charge in [0.15, 0.2) is 0 Å². The summed E-state index contributed by atoms with van der Waals surface area (Å²) >= 11 is 0. The summed E-state index contributed by atoms with van der Waals surface area (Å²) < 4.78 is 0. The molecule has 4 heteroatoms. The molecule has 0 radical (unpaired) electrons. The van der Waals surface area contributed by atoms with Crippen molar-refractivity contribution in [3.05, 3.63) is 24.3 Å². The van der Waals surface area contributed by atoms with Crippen molar-refractivity contribution in [3.63, 3.8) is 0 Å². The van der Waals surface area contributed by atoms with E-state index >= 15 is 0 Å². The van der Waals surface area contributed by atoms with E-state index in [9.17, 15) is 4.79 Å². The zero-order chi connectivity index (χ0) is 13.3. The van der Waals surface area contributed by atoms with Gasteiger partial charge in [-0.05, 0) is 50.3 Å². The summed E-state index contributed by atoms with van der Waals surface area (Å²) in [6.07, 6.45) is 5.15. The SMILES string of the molecule is NC1(C(=O)Nc2cccc(N3CCCC3)c2)CCC1. The summed E-state index contributed by atoms with van der Waals surface area (Å²) in [4.78, 5) is 14.5. The third kappa shape index (κ3) is 2.45. The highest BCUT2D eigenvalue weighted by molar-refractivity contribution is 5.98. The van der Waals surface area contributed by atoms with Crippen LogP contribution in [-0.2, 0) is 4.79 Å². The fraction of sp³-hybridized carbons (Fsp3) is 0.533. The van der Waals surface area contributed by atoms with E-state index in [4.69, 9.17) is 5.73 Å². The highest BCUT2D eigenvalue weighted by Crippen LogP contribution is 2.31. The summed E-state index contributed by atoms with van der Waals surface area (Å²) in [5.74, 6) is -0.0441. The average Bonchev–Trinajstić information content (AvgIpc) is 2.90. The largest absolute Gasteiger partial charge is 0.371 e. The van der Waals surface area contributed by atoms with Crippen LogP contribution < -0.4 is 16.0 Å². The maximum absolute atomic E-state index is 12.1. The second-order valence-corrected chi connectivity index (χ2v) is 5.71. The van der Waals surface area contributed by atoms with Gasteiger partial charge in [-0.25, -0.2) is 0 Å². The zero-order valence-corrected chi connectivity index (χ0v) is 11.2. The summed E-state index contributed by atoms with van der Waals surface area (Å²) in [5, 5.41) is 2.96. The molecule has 19 heavy (non-hydrogen) atoms. The lowest BCUT2D eigenvalue weighted by Crippen LogP contribution is -2.56. The maximum atomic E-state index is 12.1. The minimum absolute atomic E-state index is 0.0441. The van der Waals surface area contributed by atoms with Gasteiger partial charge in [0, 0.05) is 24.5 Å². The van der Waals surface area contributed by atoms with Gasteiger partial charge in [-0.2, -0.15) is 0 Å². The first-order chi connectivity index (χ1) is 9.17. The monoisotopic (exact) mass is 259 g/mol. The number of nitrogens with zero attached hydrogens (tertiary/aromatic N) is 1. The van der Waals surface area contributed by atoms with E-state index in [0.29, 0.717) is 0 Å². The number of amides is 1.